The molecule has 5 rings (SSSR count). The van der Waals surface area contributed by atoms with Crippen LogP contribution in [0.3, 0.4) is 0 Å². The van der Waals surface area contributed by atoms with Crippen molar-refractivity contribution in [2.24, 2.45) is 0 Å². The Bertz CT molecular complexity index is 1430. The minimum Gasteiger partial charge on any atom is -0.324 e. The largest absolute Gasteiger partial charge is 0.324 e. The van der Waals surface area contributed by atoms with E-state index >= 15 is 0 Å². The summed E-state index contributed by atoms with van der Waals surface area (Å²) in [7, 11) is 0. The summed E-state index contributed by atoms with van der Waals surface area (Å²) in [5, 5.41) is 2.76. The third-order valence-corrected chi connectivity index (χ3v) is 6.51. The average molecular weight is 473 g/mol. The van der Waals surface area contributed by atoms with Crippen LogP contribution < -0.4 is 5.32 Å². The first-order valence-electron chi connectivity index (χ1n) is 11.8. The van der Waals surface area contributed by atoms with Gasteiger partial charge in [0.15, 0.2) is 5.82 Å². The SMILES string of the molecule is Cc1cc(F)c(C(=O)Nc2cccc(-c3ncc4n3[C@H](C)CC4)n2)cc1-n1cnc(C(C)(C)C)c1. The first-order valence-corrected chi connectivity index (χ1v) is 11.8. The highest BCUT2D eigenvalue weighted by atomic mass is 19.1. The normalized spacial score (nSPS) is 15.3. The third-order valence-electron chi connectivity index (χ3n) is 6.51. The van der Waals surface area contributed by atoms with Gasteiger partial charge in [-0.3, -0.25) is 4.79 Å². The molecule has 1 amide bonds. The Morgan fingerprint density at radius 3 is 2.74 bits per heavy atom. The molecule has 0 spiro atoms. The van der Waals surface area contributed by atoms with Crippen LogP contribution in [0.1, 0.15) is 67.5 Å². The van der Waals surface area contributed by atoms with E-state index in [1.165, 1.54) is 11.8 Å². The van der Waals surface area contributed by atoms with Crippen LogP contribution in [0.25, 0.3) is 17.2 Å². The summed E-state index contributed by atoms with van der Waals surface area (Å²) < 4.78 is 18.9. The van der Waals surface area contributed by atoms with Crippen LogP contribution >= 0.6 is 0 Å². The van der Waals surface area contributed by atoms with Gasteiger partial charge in [-0.05, 0) is 56.5 Å². The Morgan fingerprint density at radius 2 is 2.00 bits per heavy atom. The van der Waals surface area contributed by atoms with Crippen molar-refractivity contribution in [3.63, 3.8) is 0 Å². The van der Waals surface area contributed by atoms with E-state index in [0.29, 0.717) is 28.8 Å². The number of hydrogen-bond acceptors (Lipinski definition) is 4. The van der Waals surface area contributed by atoms with Crippen molar-refractivity contribution in [1.29, 1.82) is 0 Å². The number of pyridine rings is 1. The predicted octanol–water partition coefficient (Wildman–Crippen LogP) is 5.64. The van der Waals surface area contributed by atoms with Gasteiger partial charge in [-0.15, -0.1) is 0 Å². The third kappa shape index (κ3) is 4.24. The number of amides is 1. The quantitative estimate of drug-likeness (QED) is 0.417. The summed E-state index contributed by atoms with van der Waals surface area (Å²) in [5.74, 6) is -0.0309. The number of fused-ring (bicyclic) bond motifs is 1. The van der Waals surface area contributed by atoms with Gasteiger partial charge in [0.25, 0.3) is 5.91 Å². The topological polar surface area (TPSA) is 77.6 Å². The summed E-state index contributed by atoms with van der Waals surface area (Å²) in [6, 6.07) is 8.66. The van der Waals surface area contributed by atoms with Gasteiger partial charge in [-0.25, -0.2) is 19.3 Å². The average Bonchev–Trinajstić information content (AvgIpc) is 3.52. The van der Waals surface area contributed by atoms with Gasteiger partial charge in [-0.2, -0.15) is 0 Å². The van der Waals surface area contributed by atoms with E-state index in [4.69, 9.17) is 0 Å². The molecule has 1 aliphatic heterocycles. The molecular formula is C27H29FN6O. The van der Waals surface area contributed by atoms with Crippen LogP contribution in [-0.2, 0) is 11.8 Å². The molecule has 0 fully saturated rings. The summed E-state index contributed by atoms with van der Waals surface area (Å²) in [5.41, 5.74) is 3.99. The van der Waals surface area contributed by atoms with Gasteiger partial charge in [-0.1, -0.05) is 26.8 Å². The summed E-state index contributed by atoms with van der Waals surface area (Å²) >= 11 is 0. The van der Waals surface area contributed by atoms with Crippen molar-refractivity contribution in [2.75, 3.05) is 5.32 Å². The van der Waals surface area contributed by atoms with E-state index < -0.39 is 11.7 Å². The summed E-state index contributed by atoms with van der Waals surface area (Å²) in [4.78, 5) is 26.7. The number of benzene rings is 1. The van der Waals surface area contributed by atoms with Crippen molar-refractivity contribution < 1.29 is 9.18 Å². The van der Waals surface area contributed by atoms with Crippen LogP contribution in [-0.4, -0.2) is 30.0 Å². The molecule has 0 saturated carbocycles. The molecule has 4 aromatic rings. The Hall–Kier alpha value is -3.81. The summed E-state index contributed by atoms with van der Waals surface area (Å²) in [6.07, 6.45) is 7.56. The zero-order chi connectivity index (χ0) is 24.9. The maximum absolute atomic E-state index is 14.9. The van der Waals surface area contributed by atoms with Crippen molar-refractivity contribution in [1.82, 2.24) is 24.1 Å². The standard InChI is InChI=1S/C27H29FN6O/c1-16-11-20(28)19(12-22(16)33-14-23(30-15-33)27(3,4)5)26(35)32-24-8-6-7-21(31-24)25-29-13-18-10-9-17(2)34(18)25/h6-8,11-15,17H,9-10H2,1-5H3,(H,31,32,35)/t17-/m1/s1. The molecule has 4 heterocycles. The molecule has 0 aliphatic carbocycles. The Balaban J connectivity index is 1.43. The second kappa shape index (κ2) is 8.45. The Morgan fingerprint density at radius 1 is 1.20 bits per heavy atom. The first-order chi connectivity index (χ1) is 16.6. The maximum atomic E-state index is 14.9. The van der Waals surface area contributed by atoms with Gasteiger partial charge in [0.1, 0.15) is 17.3 Å². The second-order valence-corrected chi connectivity index (χ2v) is 10.2. The first kappa shape index (κ1) is 23.0. The van der Waals surface area contributed by atoms with Crippen LogP contribution in [0.2, 0.25) is 0 Å². The van der Waals surface area contributed by atoms with Crippen molar-refractivity contribution in [3.05, 3.63) is 77.4 Å². The molecule has 1 aromatic carbocycles. The molecule has 35 heavy (non-hydrogen) atoms. The van der Waals surface area contributed by atoms with Crippen LogP contribution in [0.15, 0.2) is 49.1 Å². The van der Waals surface area contributed by atoms with E-state index in [1.807, 2.05) is 36.0 Å². The minimum absolute atomic E-state index is 0.0564. The highest BCUT2D eigenvalue weighted by Crippen LogP contribution is 2.31. The zero-order valence-corrected chi connectivity index (χ0v) is 20.6. The van der Waals surface area contributed by atoms with E-state index in [-0.39, 0.29) is 11.0 Å². The molecule has 7 nitrogen and oxygen atoms in total. The van der Waals surface area contributed by atoms with Crippen molar-refractivity contribution in [2.45, 2.75) is 58.9 Å². The molecular weight excluding hydrogens is 443 g/mol. The Kier molecular flexibility index (Phi) is 5.54. The Labute approximate surface area is 204 Å². The lowest BCUT2D eigenvalue weighted by Crippen LogP contribution is -2.16. The second-order valence-electron chi connectivity index (χ2n) is 10.2. The molecule has 1 N–H and O–H groups in total. The summed E-state index contributed by atoms with van der Waals surface area (Å²) in [6.45, 7) is 10.2. The molecule has 1 atom stereocenters. The van der Waals surface area contributed by atoms with E-state index in [2.05, 4.69) is 52.5 Å². The molecule has 3 aromatic heterocycles. The number of aryl methyl sites for hydroxylation is 2. The number of anilines is 1. The number of hydrogen-bond donors (Lipinski definition) is 1. The number of aromatic nitrogens is 5. The fraction of sp³-hybridized carbons (Fsp3) is 0.333. The number of nitrogens with zero attached hydrogens (tertiary/aromatic N) is 5. The molecule has 0 unspecified atom stereocenters. The smallest absolute Gasteiger partial charge is 0.259 e. The van der Waals surface area contributed by atoms with Crippen LogP contribution in [0, 0.1) is 12.7 Å². The predicted molar refractivity (Wildman–Crippen MR) is 133 cm³/mol. The number of carbonyl (C=O) groups excluding carboxylic acids is 1. The van der Waals surface area contributed by atoms with Gasteiger partial charge >= 0.3 is 0 Å². The molecule has 8 heteroatoms. The van der Waals surface area contributed by atoms with Crippen molar-refractivity contribution in [3.8, 4) is 17.2 Å². The molecule has 180 valence electrons. The van der Waals surface area contributed by atoms with Crippen LogP contribution in [0.4, 0.5) is 10.2 Å². The van der Waals surface area contributed by atoms with Gasteiger partial charge in [0.05, 0.1) is 23.3 Å². The molecule has 0 saturated heterocycles. The van der Waals surface area contributed by atoms with Gasteiger partial charge in [0.2, 0.25) is 0 Å². The molecule has 1 aliphatic rings. The fourth-order valence-corrected chi connectivity index (χ4v) is 4.52. The fourth-order valence-electron chi connectivity index (χ4n) is 4.52. The number of nitrogens with one attached hydrogen (secondary N) is 1. The highest BCUT2D eigenvalue weighted by molar-refractivity contribution is 6.04. The molecule has 0 radical (unpaired) electrons. The van der Waals surface area contributed by atoms with Gasteiger partial charge in [0, 0.05) is 29.5 Å². The molecule has 0 bridgehead atoms. The van der Waals surface area contributed by atoms with E-state index in [1.54, 1.807) is 18.5 Å². The van der Waals surface area contributed by atoms with Crippen molar-refractivity contribution >= 4 is 11.7 Å². The monoisotopic (exact) mass is 472 g/mol. The van der Waals surface area contributed by atoms with E-state index in [9.17, 15) is 9.18 Å². The number of carbonyl (C=O) groups is 1. The van der Waals surface area contributed by atoms with Crippen LogP contribution in [0.5, 0.6) is 0 Å². The lowest BCUT2D eigenvalue weighted by Gasteiger charge is -2.15. The maximum Gasteiger partial charge on any atom is 0.259 e. The number of halogens is 1. The zero-order valence-electron chi connectivity index (χ0n) is 20.6. The number of rotatable bonds is 4. The highest BCUT2D eigenvalue weighted by Gasteiger charge is 2.24. The lowest BCUT2D eigenvalue weighted by molar-refractivity contribution is 0.102. The minimum atomic E-state index is -0.587. The lowest BCUT2D eigenvalue weighted by atomic mass is 9.93. The van der Waals surface area contributed by atoms with E-state index in [0.717, 1.165) is 24.4 Å². The number of imidazole rings is 2. The van der Waals surface area contributed by atoms with Gasteiger partial charge < -0.3 is 14.5 Å².